The SMILES string of the molecule is CC(C)COCCNCc1ccc([N+](=O)[O-])cc1Br. The molecular formula is C13H19BrN2O3. The zero-order chi connectivity index (χ0) is 14.3. The Balaban J connectivity index is 2.32. The van der Waals surface area contributed by atoms with Gasteiger partial charge in [-0.05, 0) is 17.5 Å². The third-order valence-corrected chi connectivity index (χ3v) is 3.18. The van der Waals surface area contributed by atoms with Crippen LogP contribution in [0.5, 0.6) is 0 Å². The molecule has 6 heteroatoms. The monoisotopic (exact) mass is 330 g/mol. The van der Waals surface area contributed by atoms with Crippen molar-refractivity contribution >= 4 is 21.6 Å². The van der Waals surface area contributed by atoms with E-state index in [0.29, 0.717) is 19.1 Å². The molecule has 1 N–H and O–H groups in total. The summed E-state index contributed by atoms with van der Waals surface area (Å²) < 4.78 is 6.20. The van der Waals surface area contributed by atoms with E-state index in [4.69, 9.17) is 4.74 Å². The third-order valence-electron chi connectivity index (χ3n) is 2.44. The summed E-state index contributed by atoms with van der Waals surface area (Å²) in [5, 5.41) is 13.8. The average Bonchev–Trinajstić information content (AvgIpc) is 2.34. The van der Waals surface area contributed by atoms with Gasteiger partial charge in [0.05, 0.1) is 11.5 Å². The van der Waals surface area contributed by atoms with Crippen LogP contribution in [-0.4, -0.2) is 24.7 Å². The van der Waals surface area contributed by atoms with Gasteiger partial charge in [0.2, 0.25) is 0 Å². The Morgan fingerprint density at radius 2 is 2.21 bits per heavy atom. The molecule has 0 aromatic heterocycles. The van der Waals surface area contributed by atoms with Crippen LogP contribution >= 0.6 is 15.9 Å². The van der Waals surface area contributed by atoms with E-state index >= 15 is 0 Å². The Morgan fingerprint density at radius 1 is 1.47 bits per heavy atom. The Morgan fingerprint density at radius 3 is 2.79 bits per heavy atom. The van der Waals surface area contributed by atoms with Crippen LogP contribution < -0.4 is 5.32 Å². The molecule has 0 heterocycles. The molecule has 0 fully saturated rings. The van der Waals surface area contributed by atoms with Crippen LogP contribution in [-0.2, 0) is 11.3 Å². The van der Waals surface area contributed by atoms with Gasteiger partial charge in [-0.25, -0.2) is 0 Å². The quantitative estimate of drug-likeness (QED) is 0.452. The summed E-state index contributed by atoms with van der Waals surface area (Å²) >= 11 is 3.34. The predicted octanol–water partition coefficient (Wildman–Crippen LogP) is 3.12. The molecule has 1 rings (SSSR count). The van der Waals surface area contributed by atoms with Crippen LogP contribution in [0, 0.1) is 16.0 Å². The fourth-order valence-electron chi connectivity index (χ4n) is 1.48. The van der Waals surface area contributed by atoms with E-state index in [1.54, 1.807) is 6.07 Å². The molecule has 0 radical (unpaired) electrons. The molecular weight excluding hydrogens is 312 g/mol. The van der Waals surface area contributed by atoms with Crippen LogP contribution in [0.1, 0.15) is 19.4 Å². The van der Waals surface area contributed by atoms with Gasteiger partial charge in [0.25, 0.3) is 5.69 Å². The maximum absolute atomic E-state index is 10.6. The lowest BCUT2D eigenvalue weighted by atomic mass is 10.2. The van der Waals surface area contributed by atoms with Crippen molar-refractivity contribution in [2.45, 2.75) is 20.4 Å². The fraction of sp³-hybridized carbons (Fsp3) is 0.538. The second-order valence-electron chi connectivity index (χ2n) is 4.68. The zero-order valence-electron chi connectivity index (χ0n) is 11.2. The number of benzene rings is 1. The van der Waals surface area contributed by atoms with Gasteiger partial charge < -0.3 is 10.1 Å². The normalized spacial score (nSPS) is 10.9. The number of hydrogen-bond donors (Lipinski definition) is 1. The number of ether oxygens (including phenoxy) is 1. The van der Waals surface area contributed by atoms with E-state index in [2.05, 4.69) is 35.1 Å². The van der Waals surface area contributed by atoms with Crippen LogP contribution in [0.15, 0.2) is 22.7 Å². The van der Waals surface area contributed by atoms with Gasteiger partial charge in [0.15, 0.2) is 0 Å². The van der Waals surface area contributed by atoms with Crippen LogP contribution in [0.4, 0.5) is 5.69 Å². The molecule has 0 amide bonds. The number of nitrogens with zero attached hydrogens (tertiary/aromatic N) is 1. The lowest BCUT2D eigenvalue weighted by Crippen LogP contribution is -2.20. The lowest BCUT2D eigenvalue weighted by molar-refractivity contribution is -0.384. The third kappa shape index (κ3) is 6.13. The average molecular weight is 331 g/mol. The summed E-state index contributed by atoms with van der Waals surface area (Å²) in [5.74, 6) is 0.545. The Bertz CT molecular complexity index is 424. The van der Waals surface area contributed by atoms with Crippen molar-refractivity contribution in [1.82, 2.24) is 5.32 Å². The predicted molar refractivity (Wildman–Crippen MR) is 78.2 cm³/mol. The van der Waals surface area contributed by atoms with E-state index in [0.717, 1.165) is 23.2 Å². The second kappa shape index (κ2) is 8.24. The first kappa shape index (κ1) is 16.1. The van der Waals surface area contributed by atoms with Crippen molar-refractivity contribution in [3.63, 3.8) is 0 Å². The van der Waals surface area contributed by atoms with Gasteiger partial charge in [0.1, 0.15) is 0 Å². The highest BCUT2D eigenvalue weighted by molar-refractivity contribution is 9.10. The van der Waals surface area contributed by atoms with E-state index in [9.17, 15) is 10.1 Å². The molecule has 0 aliphatic carbocycles. The number of rotatable bonds is 8. The highest BCUT2D eigenvalue weighted by Gasteiger charge is 2.08. The molecule has 0 unspecified atom stereocenters. The number of nitro benzene ring substituents is 1. The molecule has 0 aliphatic rings. The minimum absolute atomic E-state index is 0.0934. The van der Waals surface area contributed by atoms with Crippen molar-refractivity contribution in [3.05, 3.63) is 38.3 Å². The highest BCUT2D eigenvalue weighted by atomic mass is 79.9. The van der Waals surface area contributed by atoms with E-state index in [1.165, 1.54) is 12.1 Å². The lowest BCUT2D eigenvalue weighted by Gasteiger charge is -2.09. The van der Waals surface area contributed by atoms with Gasteiger partial charge in [-0.2, -0.15) is 0 Å². The van der Waals surface area contributed by atoms with Gasteiger partial charge >= 0.3 is 0 Å². The van der Waals surface area contributed by atoms with Crippen molar-refractivity contribution in [2.24, 2.45) is 5.92 Å². The number of hydrogen-bond acceptors (Lipinski definition) is 4. The zero-order valence-corrected chi connectivity index (χ0v) is 12.8. The van der Waals surface area contributed by atoms with E-state index < -0.39 is 4.92 Å². The second-order valence-corrected chi connectivity index (χ2v) is 5.53. The van der Waals surface area contributed by atoms with Gasteiger partial charge in [0, 0.05) is 36.3 Å². The first-order valence-corrected chi connectivity index (χ1v) is 7.01. The summed E-state index contributed by atoms with van der Waals surface area (Å²) in [7, 11) is 0. The molecule has 0 bridgehead atoms. The minimum atomic E-state index is -0.401. The smallest absolute Gasteiger partial charge is 0.270 e. The molecule has 0 aliphatic heterocycles. The summed E-state index contributed by atoms with van der Waals surface area (Å²) in [5.41, 5.74) is 1.09. The van der Waals surface area contributed by atoms with Crippen molar-refractivity contribution in [3.8, 4) is 0 Å². The Labute approximate surface area is 121 Å². The summed E-state index contributed by atoms with van der Waals surface area (Å²) in [6.45, 7) is 7.08. The summed E-state index contributed by atoms with van der Waals surface area (Å²) in [4.78, 5) is 10.2. The molecule has 0 saturated carbocycles. The van der Waals surface area contributed by atoms with Crippen molar-refractivity contribution < 1.29 is 9.66 Å². The van der Waals surface area contributed by atoms with Crippen LogP contribution in [0.2, 0.25) is 0 Å². The Kier molecular flexibility index (Phi) is 6.97. The number of non-ortho nitro benzene ring substituents is 1. The molecule has 0 atom stereocenters. The standard InChI is InChI=1S/C13H19BrN2O3/c1-10(2)9-19-6-5-15-8-11-3-4-12(16(17)18)7-13(11)14/h3-4,7,10,15H,5-6,8-9H2,1-2H3. The van der Waals surface area contributed by atoms with E-state index in [-0.39, 0.29) is 5.69 Å². The molecule has 1 aromatic rings. The number of nitrogens with one attached hydrogen (secondary N) is 1. The molecule has 0 saturated heterocycles. The van der Waals surface area contributed by atoms with E-state index in [1.807, 2.05) is 0 Å². The fourth-order valence-corrected chi connectivity index (χ4v) is 1.99. The van der Waals surface area contributed by atoms with Crippen LogP contribution in [0.3, 0.4) is 0 Å². The maximum atomic E-state index is 10.6. The van der Waals surface area contributed by atoms with Crippen molar-refractivity contribution in [1.29, 1.82) is 0 Å². The van der Waals surface area contributed by atoms with Gasteiger partial charge in [-0.1, -0.05) is 29.8 Å². The van der Waals surface area contributed by atoms with Gasteiger partial charge in [-0.15, -0.1) is 0 Å². The van der Waals surface area contributed by atoms with Crippen molar-refractivity contribution in [2.75, 3.05) is 19.8 Å². The molecule has 5 nitrogen and oxygen atoms in total. The van der Waals surface area contributed by atoms with Crippen LogP contribution in [0.25, 0.3) is 0 Å². The summed E-state index contributed by atoms with van der Waals surface area (Å²) in [6.07, 6.45) is 0. The topological polar surface area (TPSA) is 64.4 Å². The Hall–Kier alpha value is -0.980. The largest absolute Gasteiger partial charge is 0.380 e. The highest BCUT2D eigenvalue weighted by Crippen LogP contribution is 2.22. The summed E-state index contributed by atoms with van der Waals surface area (Å²) in [6, 6.07) is 4.79. The molecule has 1 aromatic carbocycles. The molecule has 19 heavy (non-hydrogen) atoms. The molecule has 106 valence electrons. The first-order chi connectivity index (χ1) is 9.00. The minimum Gasteiger partial charge on any atom is -0.380 e. The maximum Gasteiger partial charge on any atom is 0.270 e. The molecule has 0 spiro atoms. The number of halogens is 1. The first-order valence-electron chi connectivity index (χ1n) is 6.22. The van der Waals surface area contributed by atoms with Gasteiger partial charge in [-0.3, -0.25) is 10.1 Å². The number of nitro groups is 1.